The van der Waals surface area contributed by atoms with E-state index in [0.717, 1.165) is 10.5 Å². The molecule has 3 N–H and O–H groups in total. The van der Waals surface area contributed by atoms with Crippen LogP contribution in [0.15, 0.2) is 77.7 Å². The summed E-state index contributed by atoms with van der Waals surface area (Å²) in [5, 5.41) is 2.81. The van der Waals surface area contributed by atoms with Gasteiger partial charge < -0.3 is 15.8 Å². The van der Waals surface area contributed by atoms with Crippen molar-refractivity contribution in [2.24, 2.45) is 0 Å². The molecule has 0 fully saturated rings. The quantitative estimate of drug-likeness (QED) is 0.364. The average Bonchev–Trinajstić information content (AvgIpc) is 2.74. The summed E-state index contributed by atoms with van der Waals surface area (Å²) in [4.78, 5) is 25.1. The van der Waals surface area contributed by atoms with Crippen molar-refractivity contribution >= 4 is 35.0 Å². The molecule has 28 heavy (non-hydrogen) atoms. The second kappa shape index (κ2) is 9.10. The summed E-state index contributed by atoms with van der Waals surface area (Å²) in [7, 11) is 1.37. The van der Waals surface area contributed by atoms with Gasteiger partial charge >= 0.3 is 5.97 Å². The lowest BCUT2D eigenvalue weighted by molar-refractivity contribution is 0.0596. The summed E-state index contributed by atoms with van der Waals surface area (Å²) in [5.74, 6) is 0.102. The van der Waals surface area contributed by atoms with Gasteiger partial charge in [0.05, 0.1) is 24.0 Å². The summed E-state index contributed by atoms with van der Waals surface area (Å²) < 4.78 is 4.82. The van der Waals surface area contributed by atoms with E-state index < -0.39 is 0 Å². The van der Waals surface area contributed by atoms with Crippen LogP contribution < -0.4 is 11.1 Å². The molecule has 6 heteroatoms. The lowest BCUT2D eigenvalue weighted by Crippen LogP contribution is -2.13. The number of nitrogen functional groups attached to an aromatic ring is 1. The number of thioether (sulfide) groups is 1. The van der Waals surface area contributed by atoms with Crippen molar-refractivity contribution in [3.8, 4) is 0 Å². The Kier molecular flexibility index (Phi) is 6.34. The molecule has 1 amide bonds. The molecule has 0 aliphatic rings. The molecule has 0 unspecified atom stereocenters. The van der Waals surface area contributed by atoms with Crippen LogP contribution in [0.2, 0.25) is 0 Å². The van der Waals surface area contributed by atoms with Crippen LogP contribution in [0, 0.1) is 0 Å². The molecule has 0 bridgehead atoms. The van der Waals surface area contributed by atoms with Crippen LogP contribution in [0.3, 0.4) is 0 Å². The molecule has 0 aliphatic heterocycles. The van der Waals surface area contributed by atoms with E-state index in [0.29, 0.717) is 28.3 Å². The molecule has 0 atom stereocenters. The van der Waals surface area contributed by atoms with E-state index >= 15 is 0 Å². The molecular weight excluding hydrogens is 372 g/mol. The minimum atomic E-state index is -0.352. The maximum absolute atomic E-state index is 12.4. The second-order valence-electron chi connectivity index (χ2n) is 6.01. The van der Waals surface area contributed by atoms with E-state index in [1.807, 2.05) is 42.5 Å². The van der Waals surface area contributed by atoms with Gasteiger partial charge in [-0.15, -0.1) is 11.8 Å². The summed E-state index contributed by atoms with van der Waals surface area (Å²) in [5.41, 5.74) is 9.11. The number of hydrogen-bond acceptors (Lipinski definition) is 5. The van der Waals surface area contributed by atoms with Crippen LogP contribution in [-0.4, -0.2) is 19.0 Å². The monoisotopic (exact) mass is 392 g/mol. The van der Waals surface area contributed by atoms with Gasteiger partial charge in [0.1, 0.15) is 0 Å². The molecule has 3 aromatic rings. The van der Waals surface area contributed by atoms with Gasteiger partial charge in [-0.05, 0) is 42.0 Å². The van der Waals surface area contributed by atoms with Crippen LogP contribution >= 0.6 is 11.8 Å². The van der Waals surface area contributed by atoms with Gasteiger partial charge in [0.2, 0.25) is 0 Å². The Hall–Kier alpha value is -3.25. The van der Waals surface area contributed by atoms with Crippen molar-refractivity contribution < 1.29 is 14.3 Å². The predicted molar refractivity (Wildman–Crippen MR) is 113 cm³/mol. The van der Waals surface area contributed by atoms with E-state index in [2.05, 4.69) is 5.32 Å². The fourth-order valence-electron chi connectivity index (χ4n) is 2.59. The maximum Gasteiger partial charge on any atom is 0.338 e. The Morgan fingerprint density at radius 2 is 1.64 bits per heavy atom. The molecule has 3 aromatic carbocycles. The predicted octanol–water partition coefficient (Wildman–Crippen LogP) is 4.60. The normalized spacial score (nSPS) is 10.3. The van der Waals surface area contributed by atoms with Gasteiger partial charge in [0, 0.05) is 16.2 Å². The zero-order valence-electron chi connectivity index (χ0n) is 15.3. The molecular formula is C22H20N2O3S. The fraction of sp³-hybridized carbons (Fsp3) is 0.0909. The smallest absolute Gasteiger partial charge is 0.338 e. The highest BCUT2D eigenvalue weighted by Crippen LogP contribution is 2.27. The third-order valence-corrected chi connectivity index (χ3v) is 5.26. The number of rotatable bonds is 6. The molecule has 0 heterocycles. The Morgan fingerprint density at radius 3 is 2.36 bits per heavy atom. The topological polar surface area (TPSA) is 81.4 Å². The largest absolute Gasteiger partial charge is 0.465 e. The minimum absolute atomic E-state index is 0.215. The SMILES string of the molecule is COC(=O)c1ccccc1SCc1ccc(C(=O)Nc2ccccc2N)cc1. The van der Waals surface area contributed by atoms with Crippen LogP contribution in [-0.2, 0) is 10.5 Å². The first-order valence-electron chi connectivity index (χ1n) is 8.63. The summed E-state index contributed by atoms with van der Waals surface area (Å²) in [6.45, 7) is 0. The molecule has 5 nitrogen and oxygen atoms in total. The summed E-state index contributed by atoms with van der Waals surface area (Å²) in [6.07, 6.45) is 0. The van der Waals surface area contributed by atoms with Gasteiger partial charge in [-0.1, -0.05) is 36.4 Å². The number of carbonyl (C=O) groups excluding carboxylic acids is 2. The zero-order chi connectivity index (χ0) is 19.9. The van der Waals surface area contributed by atoms with Crippen molar-refractivity contribution in [3.05, 3.63) is 89.5 Å². The van der Waals surface area contributed by atoms with Gasteiger partial charge in [0.25, 0.3) is 5.91 Å². The highest BCUT2D eigenvalue weighted by molar-refractivity contribution is 7.98. The van der Waals surface area contributed by atoms with Crippen LogP contribution in [0.1, 0.15) is 26.3 Å². The number of ether oxygens (including phenoxy) is 1. The number of esters is 1. The molecule has 3 rings (SSSR count). The molecule has 0 aromatic heterocycles. The second-order valence-corrected chi connectivity index (χ2v) is 7.03. The molecule has 0 spiro atoms. The Labute approximate surface area is 167 Å². The lowest BCUT2D eigenvalue weighted by Gasteiger charge is -2.09. The highest BCUT2D eigenvalue weighted by atomic mass is 32.2. The Bertz CT molecular complexity index is 987. The van der Waals surface area contributed by atoms with Gasteiger partial charge in [0.15, 0.2) is 0 Å². The average molecular weight is 392 g/mol. The van der Waals surface area contributed by atoms with Crippen molar-refractivity contribution in [2.45, 2.75) is 10.6 Å². The zero-order valence-corrected chi connectivity index (χ0v) is 16.2. The minimum Gasteiger partial charge on any atom is -0.465 e. The van der Waals surface area contributed by atoms with Gasteiger partial charge in [-0.2, -0.15) is 0 Å². The van der Waals surface area contributed by atoms with E-state index in [1.54, 1.807) is 42.1 Å². The third kappa shape index (κ3) is 4.72. The van der Waals surface area contributed by atoms with Gasteiger partial charge in [-0.25, -0.2) is 4.79 Å². The molecule has 0 aliphatic carbocycles. The first-order chi connectivity index (χ1) is 13.6. The molecule has 142 valence electrons. The van der Waals surface area contributed by atoms with E-state index in [-0.39, 0.29) is 11.9 Å². The first-order valence-corrected chi connectivity index (χ1v) is 9.62. The van der Waals surface area contributed by atoms with E-state index in [9.17, 15) is 9.59 Å². The number of methoxy groups -OCH3 is 1. The number of amides is 1. The van der Waals surface area contributed by atoms with Gasteiger partial charge in [-0.3, -0.25) is 4.79 Å². The fourth-order valence-corrected chi connectivity index (χ4v) is 3.59. The van der Waals surface area contributed by atoms with E-state index in [1.165, 1.54) is 7.11 Å². The number of anilines is 2. The summed E-state index contributed by atoms with van der Waals surface area (Å²) in [6, 6.07) is 21.8. The lowest BCUT2D eigenvalue weighted by atomic mass is 10.1. The van der Waals surface area contributed by atoms with Crippen LogP contribution in [0.25, 0.3) is 0 Å². The summed E-state index contributed by atoms with van der Waals surface area (Å²) >= 11 is 1.54. The number of nitrogens with one attached hydrogen (secondary N) is 1. The van der Waals surface area contributed by atoms with Crippen molar-refractivity contribution in [1.82, 2.24) is 0 Å². The molecule has 0 radical (unpaired) electrons. The van der Waals surface area contributed by atoms with Crippen molar-refractivity contribution in [2.75, 3.05) is 18.2 Å². The van der Waals surface area contributed by atoms with Crippen molar-refractivity contribution in [1.29, 1.82) is 0 Å². The van der Waals surface area contributed by atoms with E-state index in [4.69, 9.17) is 10.5 Å². The number of para-hydroxylation sites is 2. The maximum atomic E-state index is 12.4. The molecule has 0 saturated carbocycles. The standard InChI is InChI=1S/C22H20N2O3S/c1-27-22(26)17-6-2-5-9-20(17)28-14-15-10-12-16(13-11-15)21(25)24-19-8-4-3-7-18(19)23/h2-13H,14,23H2,1H3,(H,24,25). The third-order valence-electron chi connectivity index (χ3n) is 4.11. The number of nitrogens with two attached hydrogens (primary N) is 1. The first kappa shape index (κ1) is 19.5. The molecule has 0 saturated heterocycles. The number of carbonyl (C=O) groups is 2. The number of benzene rings is 3. The Balaban J connectivity index is 1.65. The number of hydrogen-bond donors (Lipinski definition) is 2. The van der Waals surface area contributed by atoms with Crippen molar-refractivity contribution in [3.63, 3.8) is 0 Å². The Morgan fingerprint density at radius 1 is 0.964 bits per heavy atom. The van der Waals surface area contributed by atoms with Crippen LogP contribution in [0.4, 0.5) is 11.4 Å². The van der Waals surface area contributed by atoms with Crippen LogP contribution in [0.5, 0.6) is 0 Å². The highest BCUT2D eigenvalue weighted by Gasteiger charge is 2.12.